The van der Waals surface area contributed by atoms with E-state index in [-0.39, 0.29) is 24.3 Å². The second kappa shape index (κ2) is 7.72. The molecule has 0 spiro atoms. The first kappa shape index (κ1) is 16.2. The van der Waals surface area contributed by atoms with Crippen LogP contribution in [0.5, 0.6) is 0 Å². The molecule has 0 aromatic carbocycles. The van der Waals surface area contributed by atoms with Crippen molar-refractivity contribution < 1.29 is 14.7 Å². The average molecular weight is 298 g/mol. The van der Waals surface area contributed by atoms with Crippen LogP contribution >= 0.6 is 0 Å². The van der Waals surface area contributed by atoms with Gasteiger partial charge in [0.05, 0.1) is 6.54 Å². The molecule has 2 aliphatic heterocycles. The maximum Gasteiger partial charge on any atom is 0.237 e. The molecule has 0 saturated carbocycles. The van der Waals surface area contributed by atoms with Crippen molar-refractivity contribution in [1.82, 2.24) is 15.2 Å². The number of piperidine rings is 2. The van der Waals surface area contributed by atoms with Gasteiger partial charge in [0.25, 0.3) is 0 Å². The van der Waals surface area contributed by atoms with Gasteiger partial charge in [-0.15, -0.1) is 0 Å². The summed E-state index contributed by atoms with van der Waals surface area (Å²) in [5.41, 5.74) is 2.18. The van der Waals surface area contributed by atoms with Crippen LogP contribution < -0.4 is 11.3 Å². The van der Waals surface area contributed by atoms with Crippen molar-refractivity contribution in [3.63, 3.8) is 0 Å². The summed E-state index contributed by atoms with van der Waals surface area (Å²) < 4.78 is 0. The van der Waals surface area contributed by atoms with Crippen LogP contribution in [0.25, 0.3) is 0 Å². The summed E-state index contributed by atoms with van der Waals surface area (Å²) in [4.78, 5) is 27.7. The Morgan fingerprint density at radius 2 is 1.90 bits per heavy atom. The minimum absolute atomic E-state index is 0.0761. The lowest BCUT2D eigenvalue weighted by atomic mass is 9.96. The van der Waals surface area contributed by atoms with Gasteiger partial charge >= 0.3 is 0 Å². The predicted octanol–water partition coefficient (Wildman–Crippen LogP) is -1.08. The highest BCUT2D eigenvalue weighted by atomic mass is 16.3. The molecule has 2 heterocycles. The molecular formula is C14H26N4O3. The number of hydrogen-bond donors (Lipinski definition) is 3. The lowest BCUT2D eigenvalue weighted by Gasteiger charge is -2.35. The van der Waals surface area contributed by atoms with Crippen LogP contribution in [0.15, 0.2) is 0 Å². The molecule has 0 bridgehead atoms. The molecule has 4 N–H and O–H groups in total. The number of hydrogen-bond acceptors (Lipinski definition) is 5. The van der Waals surface area contributed by atoms with Gasteiger partial charge in [-0.2, -0.15) is 0 Å². The number of aliphatic hydroxyl groups is 1. The largest absolute Gasteiger partial charge is 0.396 e. The summed E-state index contributed by atoms with van der Waals surface area (Å²) in [6.45, 7) is 3.58. The zero-order valence-electron chi connectivity index (χ0n) is 12.5. The third-order valence-corrected chi connectivity index (χ3v) is 4.58. The van der Waals surface area contributed by atoms with E-state index in [2.05, 4.69) is 10.3 Å². The van der Waals surface area contributed by atoms with Gasteiger partial charge in [-0.25, -0.2) is 5.84 Å². The highest BCUT2D eigenvalue weighted by Gasteiger charge is 2.28. The van der Waals surface area contributed by atoms with Gasteiger partial charge in [0.2, 0.25) is 11.8 Å². The second-order valence-corrected chi connectivity index (χ2v) is 6.09. The van der Waals surface area contributed by atoms with E-state index in [0.717, 1.165) is 25.9 Å². The third kappa shape index (κ3) is 4.39. The summed E-state index contributed by atoms with van der Waals surface area (Å²) in [7, 11) is 0. The predicted molar refractivity (Wildman–Crippen MR) is 77.9 cm³/mol. The molecule has 1 unspecified atom stereocenters. The van der Waals surface area contributed by atoms with Crippen LogP contribution in [0.4, 0.5) is 0 Å². The standard InChI is InChI=1S/C14H26N4O3/c15-16-14(21)12-3-6-18(7-4-12)13(20)9-17-5-1-2-11(8-17)10-19/h11-12,19H,1-10,15H2,(H,16,21). The summed E-state index contributed by atoms with van der Waals surface area (Å²) >= 11 is 0. The third-order valence-electron chi connectivity index (χ3n) is 4.58. The van der Waals surface area contributed by atoms with Crippen LogP contribution in [0.2, 0.25) is 0 Å². The number of carbonyl (C=O) groups is 2. The SMILES string of the molecule is NNC(=O)C1CCN(C(=O)CN2CCCC(CO)C2)CC1. The summed E-state index contributed by atoms with van der Waals surface area (Å²) in [5.74, 6) is 5.35. The van der Waals surface area contributed by atoms with Gasteiger partial charge in [0.1, 0.15) is 0 Å². The normalized spacial score (nSPS) is 24.9. The van der Waals surface area contributed by atoms with Crippen LogP contribution in [-0.2, 0) is 9.59 Å². The number of nitrogens with two attached hydrogens (primary N) is 1. The lowest BCUT2D eigenvalue weighted by Crippen LogP contribution is -2.48. The molecule has 120 valence electrons. The van der Waals surface area contributed by atoms with Crippen molar-refractivity contribution in [2.24, 2.45) is 17.7 Å². The van der Waals surface area contributed by atoms with Crippen LogP contribution in [-0.4, -0.2) is 66.1 Å². The van der Waals surface area contributed by atoms with Gasteiger partial charge in [-0.05, 0) is 38.1 Å². The zero-order valence-corrected chi connectivity index (χ0v) is 12.5. The van der Waals surface area contributed by atoms with Crippen LogP contribution in [0.1, 0.15) is 25.7 Å². The Bertz CT molecular complexity index is 369. The molecule has 7 heteroatoms. The molecule has 2 rings (SSSR count). The van der Waals surface area contributed by atoms with Gasteiger partial charge in [-0.1, -0.05) is 0 Å². The van der Waals surface area contributed by atoms with Crippen LogP contribution in [0, 0.1) is 11.8 Å². The van der Waals surface area contributed by atoms with E-state index in [4.69, 9.17) is 5.84 Å². The number of nitrogens with zero attached hydrogens (tertiary/aromatic N) is 2. The van der Waals surface area contributed by atoms with Crippen molar-refractivity contribution in [2.45, 2.75) is 25.7 Å². The lowest BCUT2D eigenvalue weighted by molar-refractivity contribution is -0.137. The highest BCUT2D eigenvalue weighted by Crippen LogP contribution is 2.19. The Balaban J connectivity index is 1.75. The first-order valence-corrected chi connectivity index (χ1v) is 7.75. The Kier molecular flexibility index (Phi) is 5.96. The maximum atomic E-state index is 12.3. The Labute approximate surface area is 125 Å². The van der Waals surface area contributed by atoms with E-state index in [1.807, 2.05) is 4.90 Å². The topological polar surface area (TPSA) is 98.9 Å². The van der Waals surface area contributed by atoms with Crippen LogP contribution in [0.3, 0.4) is 0 Å². The molecule has 0 aromatic heterocycles. The molecule has 1 atom stereocenters. The number of rotatable bonds is 4. The fourth-order valence-corrected chi connectivity index (χ4v) is 3.24. The summed E-state index contributed by atoms with van der Waals surface area (Å²) in [6, 6.07) is 0. The molecule has 2 aliphatic rings. The van der Waals surface area contributed by atoms with Crippen molar-refractivity contribution in [1.29, 1.82) is 0 Å². The van der Waals surface area contributed by atoms with Crippen molar-refractivity contribution >= 4 is 11.8 Å². The number of aliphatic hydroxyl groups excluding tert-OH is 1. The fourth-order valence-electron chi connectivity index (χ4n) is 3.24. The quantitative estimate of drug-likeness (QED) is 0.348. The molecule has 2 saturated heterocycles. The highest BCUT2D eigenvalue weighted by molar-refractivity contribution is 5.80. The average Bonchev–Trinajstić information content (AvgIpc) is 2.54. The number of nitrogens with one attached hydrogen (secondary N) is 1. The van der Waals surface area contributed by atoms with E-state index in [9.17, 15) is 14.7 Å². The smallest absolute Gasteiger partial charge is 0.237 e. The molecule has 2 fully saturated rings. The van der Waals surface area contributed by atoms with Gasteiger partial charge in [0, 0.05) is 32.2 Å². The second-order valence-electron chi connectivity index (χ2n) is 6.09. The minimum Gasteiger partial charge on any atom is -0.396 e. The fraction of sp³-hybridized carbons (Fsp3) is 0.857. The van der Waals surface area contributed by atoms with E-state index < -0.39 is 0 Å². The molecule has 0 aliphatic carbocycles. The van der Waals surface area contributed by atoms with E-state index >= 15 is 0 Å². The van der Waals surface area contributed by atoms with Crippen molar-refractivity contribution in [2.75, 3.05) is 39.3 Å². The monoisotopic (exact) mass is 298 g/mol. The first-order valence-electron chi connectivity index (χ1n) is 7.75. The first-order chi connectivity index (χ1) is 10.1. The minimum atomic E-state index is -0.135. The molecule has 7 nitrogen and oxygen atoms in total. The Morgan fingerprint density at radius 3 is 2.52 bits per heavy atom. The number of hydrazine groups is 1. The van der Waals surface area contributed by atoms with E-state index in [1.54, 1.807) is 0 Å². The van der Waals surface area contributed by atoms with Gasteiger partial charge in [0.15, 0.2) is 0 Å². The van der Waals surface area contributed by atoms with E-state index in [0.29, 0.717) is 38.4 Å². The summed E-state index contributed by atoms with van der Waals surface area (Å²) in [5, 5.41) is 9.23. The van der Waals surface area contributed by atoms with E-state index in [1.165, 1.54) is 0 Å². The Morgan fingerprint density at radius 1 is 1.19 bits per heavy atom. The maximum absolute atomic E-state index is 12.3. The Hall–Kier alpha value is -1.18. The molecule has 2 amide bonds. The van der Waals surface area contributed by atoms with Gasteiger partial charge < -0.3 is 10.0 Å². The van der Waals surface area contributed by atoms with Crippen molar-refractivity contribution in [3.05, 3.63) is 0 Å². The molecule has 0 aromatic rings. The van der Waals surface area contributed by atoms with Gasteiger partial charge in [-0.3, -0.25) is 19.9 Å². The molecule has 0 radical (unpaired) electrons. The number of carbonyl (C=O) groups excluding carboxylic acids is 2. The van der Waals surface area contributed by atoms with Crippen molar-refractivity contribution in [3.8, 4) is 0 Å². The number of amides is 2. The molecule has 21 heavy (non-hydrogen) atoms. The zero-order chi connectivity index (χ0) is 15.2. The summed E-state index contributed by atoms with van der Waals surface area (Å²) in [6.07, 6.45) is 3.43. The molecular weight excluding hydrogens is 272 g/mol. The number of likely N-dealkylation sites (tertiary alicyclic amines) is 2.